The fourth-order valence-electron chi connectivity index (χ4n) is 3.86. The average Bonchev–Trinajstić information content (AvgIpc) is 2.61. The van der Waals surface area contributed by atoms with Crippen molar-refractivity contribution in [2.45, 2.75) is 82.3 Å². The Hall–Kier alpha value is -0.973. The third-order valence-electron chi connectivity index (χ3n) is 5.35. The number of alkyl halides is 2. The maximum atomic E-state index is 14.0. The van der Waals surface area contributed by atoms with Crippen LogP contribution in [0.15, 0.2) is 18.2 Å². The number of benzene rings is 1. The van der Waals surface area contributed by atoms with Crippen LogP contribution in [0.2, 0.25) is 18.1 Å². The van der Waals surface area contributed by atoms with Crippen molar-refractivity contribution in [1.82, 2.24) is 0 Å². The van der Waals surface area contributed by atoms with E-state index in [4.69, 9.17) is 4.74 Å². The van der Waals surface area contributed by atoms with Gasteiger partial charge in [0.2, 0.25) is 0 Å². The molecule has 0 bridgehead atoms. The van der Waals surface area contributed by atoms with Crippen LogP contribution in [0, 0.1) is 5.82 Å². The SMILES string of the molecule is CCCCCCC[SiH]1CCC(c2ccc(OCC(F)F)c(F)c2)CC1. The Morgan fingerprint density at radius 1 is 1.12 bits per heavy atom. The Balaban J connectivity index is 1.75. The number of ether oxygens (including phenoxy) is 1. The lowest BCUT2D eigenvalue weighted by Crippen LogP contribution is -2.20. The van der Waals surface area contributed by atoms with E-state index in [9.17, 15) is 13.2 Å². The Labute approximate surface area is 151 Å². The van der Waals surface area contributed by atoms with Gasteiger partial charge >= 0.3 is 0 Å². The number of hydrogen-bond donors (Lipinski definition) is 0. The third kappa shape index (κ3) is 7.04. The standard InChI is InChI=1S/C20H31F3OSi/c1-2-3-4-5-6-11-25-12-9-16(10-13-25)17-7-8-19(18(21)14-17)24-15-20(22)23/h7-8,14,16,20,25H,2-6,9-13,15H2,1H3. The molecule has 0 saturated carbocycles. The molecule has 5 heteroatoms. The molecule has 1 heterocycles. The van der Waals surface area contributed by atoms with E-state index in [1.807, 2.05) is 6.07 Å². The summed E-state index contributed by atoms with van der Waals surface area (Å²) in [6.45, 7) is 1.49. The van der Waals surface area contributed by atoms with Gasteiger partial charge in [0.25, 0.3) is 6.43 Å². The zero-order chi connectivity index (χ0) is 18.1. The van der Waals surface area contributed by atoms with Crippen LogP contribution in [0.4, 0.5) is 13.2 Å². The largest absolute Gasteiger partial charge is 0.485 e. The fourth-order valence-corrected chi connectivity index (χ4v) is 7.34. The van der Waals surface area contributed by atoms with Crippen LogP contribution in [0.3, 0.4) is 0 Å². The molecular weight excluding hydrogens is 341 g/mol. The van der Waals surface area contributed by atoms with Crippen LogP contribution < -0.4 is 4.74 Å². The monoisotopic (exact) mass is 372 g/mol. The molecule has 25 heavy (non-hydrogen) atoms. The van der Waals surface area contributed by atoms with Crippen molar-refractivity contribution >= 4 is 8.80 Å². The summed E-state index contributed by atoms with van der Waals surface area (Å²) in [7, 11) is -0.586. The lowest BCUT2D eigenvalue weighted by Gasteiger charge is -2.28. The topological polar surface area (TPSA) is 9.23 Å². The van der Waals surface area contributed by atoms with Crippen LogP contribution in [0.5, 0.6) is 5.75 Å². The summed E-state index contributed by atoms with van der Waals surface area (Å²) in [5, 5.41) is 0. The number of unbranched alkanes of at least 4 members (excludes halogenated alkanes) is 4. The second kappa shape index (κ2) is 10.9. The summed E-state index contributed by atoms with van der Waals surface area (Å²) in [4.78, 5) is 0. The molecule has 1 aliphatic heterocycles. The van der Waals surface area contributed by atoms with E-state index in [2.05, 4.69) is 6.92 Å². The molecule has 142 valence electrons. The zero-order valence-electron chi connectivity index (χ0n) is 15.3. The van der Waals surface area contributed by atoms with Crippen LogP contribution in [-0.2, 0) is 0 Å². The highest BCUT2D eigenvalue weighted by molar-refractivity contribution is 6.59. The van der Waals surface area contributed by atoms with Gasteiger partial charge in [0.05, 0.1) is 0 Å². The van der Waals surface area contributed by atoms with Crippen molar-refractivity contribution in [3.05, 3.63) is 29.6 Å². The number of halogens is 3. The van der Waals surface area contributed by atoms with E-state index in [1.165, 1.54) is 62.4 Å². The summed E-state index contributed by atoms with van der Waals surface area (Å²) in [5.41, 5.74) is 0.997. The van der Waals surface area contributed by atoms with E-state index in [0.29, 0.717) is 5.92 Å². The molecular formula is C20H31F3OSi. The molecule has 0 spiro atoms. The molecule has 0 unspecified atom stereocenters. The van der Waals surface area contributed by atoms with E-state index >= 15 is 0 Å². The molecule has 0 radical (unpaired) electrons. The lowest BCUT2D eigenvalue weighted by molar-refractivity contribution is 0.0799. The molecule has 1 saturated heterocycles. The minimum Gasteiger partial charge on any atom is -0.485 e. The normalized spacial score (nSPS) is 20.8. The van der Waals surface area contributed by atoms with Crippen molar-refractivity contribution < 1.29 is 17.9 Å². The molecule has 0 amide bonds. The molecule has 2 rings (SSSR count). The predicted molar refractivity (Wildman–Crippen MR) is 100 cm³/mol. The Morgan fingerprint density at radius 3 is 2.48 bits per heavy atom. The molecule has 1 nitrogen and oxygen atoms in total. The minimum atomic E-state index is -2.58. The van der Waals surface area contributed by atoms with Crippen molar-refractivity contribution in [3.8, 4) is 5.75 Å². The van der Waals surface area contributed by atoms with Gasteiger partial charge in [-0.15, -0.1) is 0 Å². The van der Waals surface area contributed by atoms with Gasteiger partial charge in [0.1, 0.15) is 6.61 Å². The first kappa shape index (κ1) is 20.3. The molecule has 0 aromatic heterocycles. The van der Waals surface area contributed by atoms with Crippen molar-refractivity contribution in [1.29, 1.82) is 0 Å². The predicted octanol–water partition coefficient (Wildman–Crippen LogP) is 6.54. The van der Waals surface area contributed by atoms with Gasteiger partial charge in [-0.3, -0.25) is 0 Å². The second-order valence-corrected chi connectivity index (χ2v) is 10.8. The van der Waals surface area contributed by atoms with E-state index < -0.39 is 27.6 Å². The van der Waals surface area contributed by atoms with Gasteiger partial charge in [0.15, 0.2) is 11.6 Å². The third-order valence-corrected chi connectivity index (χ3v) is 8.88. The van der Waals surface area contributed by atoms with E-state index in [-0.39, 0.29) is 5.75 Å². The van der Waals surface area contributed by atoms with Gasteiger partial charge in [-0.2, -0.15) is 0 Å². The van der Waals surface area contributed by atoms with Crippen LogP contribution in [0.25, 0.3) is 0 Å². The number of rotatable bonds is 10. The highest BCUT2D eigenvalue weighted by Crippen LogP contribution is 2.36. The van der Waals surface area contributed by atoms with E-state index in [0.717, 1.165) is 18.4 Å². The maximum absolute atomic E-state index is 14.0. The summed E-state index contributed by atoms with van der Waals surface area (Å²) < 4.78 is 43.2. The smallest absolute Gasteiger partial charge is 0.272 e. The quantitative estimate of drug-likeness (QED) is 0.334. The summed E-state index contributed by atoms with van der Waals surface area (Å²) in [6.07, 6.45) is 6.53. The van der Waals surface area contributed by atoms with Crippen molar-refractivity contribution in [2.75, 3.05) is 6.61 Å². The Kier molecular flexibility index (Phi) is 8.86. The summed E-state index contributed by atoms with van der Waals surface area (Å²) in [5.74, 6) is -0.171. The minimum absolute atomic E-state index is 0.0702. The van der Waals surface area contributed by atoms with Crippen molar-refractivity contribution in [2.24, 2.45) is 0 Å². The highest BCUT2D eigenvalue weighted by Gasteiger charge is 2.23. The molecule has 1 aliphatic rings. The van der Waals surface area contributed by atoms with Crippen molar-refractivity contribution in [3.63, 3.8) is 0 Å². The van der Waals surface area contributed by atoms with Gasteiger partial charge in [-0.25, -0.2) is 13.2 Å². The molecule has 0 aliphatic carbocycles. The highest BCUT2D eigenvalue weighted by atomic mass is 28.3. The molecule has 1 fully saturated rings. The fraction of sp³-hybridized carbons (Fsp3) is 0.700. The summed E-state index contributed by atoms with van der Waals surface area (Å²) >= 11 is 0. The molecule has 0 N–H and O–H groups in total. The maximum Gasteiger partial charge on any atom is 0.272 e. The Bertz CT molecular complexity index is 502. The second-order valence-electron chi connectivity index (χ2n) is 7.31. The Morgan fingerprint density at radius 2 is 1.84 bits per heavy atom. The average molecular weight is 373 g/mol. The summed E-state index contributed by atoms with van der Waals surface area (Å²) in [6, 6.07) is 9.00. The van der Waals surface area contributed by atoms with Gasteiger partial charge in [-0.1, -0.05) is 63.2 Å². The van der Waals surface area contributed by atoms with Gasteiger partial charge < -0.3 is 4.74 Å². The lowest BCUT2D eigenvalue weighted by atomic mass is 9.93. The first-order valence-corrected chi connectivity index (χ1v) is 12.3. The zero-order valence-corrected chi connectivity index (χ0v) is 16.4. The van der Waals surface area contributed by atoms with Gasteiger partial charge in [-0.05, 0) is 36.5 Å². The van der Waals surface area contributed by atoms with Crippen LogP contribution >= 0.6 is 0 Å². The van der Waals surface area contributed by atoms with E-state index in [1.54, 1.807) is 0 Å². The van der Waals surface area contributed by atoms with Gasteiger partial charge in [0, 0.05) is 8.80 Å². The first-order valence-electron chi connectivity index (χ1n) is 9.80. The first-order chi connectivity index (χ1) is 12.1. The van der Waals surface area contributed by atoms with Crippen LogP contribution in [-0.4, -0.2) is 21.8 Å². The van der Waals surface area contributed by atoms with Crippen LogP contribution in [0.1, 0.15) is 63.4 Å². The number of hydrogen-bond acceptors (Lipinski definition) is 1. The molecule has 1 aromatic rings. The molecule has 1 aromatic carbocycles. The molecule has 0 atom stereocenters.